The second-order valence-corrected chi connectivity index (χ2v) is 36.4. The van der Waals surface area contributed by atoms with E-state index in [2.05, 4.69) is 89.6 Å². The number of halogens is 1. The highest BCUT2D eigenvalue weighted by Crippen LogP contribution is 2.39. The Morgan fingerprint density at radius 2 is 1.05 bits per heavy atom. The molecule has 0 unspecified atom stereocenters. The van der Waals surface area contributed by atoms with E-state index in [1.165, 1.54) is 17.0 Å². The Hall–Kier alpha value is -12.0. The first-order valence-corrected chi connectivity index (χ1v) is 44.0. The number of nitrogens with zero attached hydrogens (tertiary/aromatic N) is 2. The topological polar surface area (TPSA) is 553 Å². The molecule has 3 aromatic rings. The minimum absolute atomic E-state index is 0.0131. The van der Waals surface area contributed by atoms with Crippen LogP contribution in [0.3, 0.4) is 0 Å². The molecule has 5 rings (SSSR count). The molecular formula is C89H137FN18O22. The van der Waals surface area contributed by atoms with Gasteiger partial charge in [-0.05, 0) is 210 Å². The lowest BCUT2D eigenvalue weighted by Gasteiger charge is -2.29. The number of aromatic amines is 1. The maximum atomic E-state index is 15.5. The van der Waals surface area contributed by atoms with E-state index in [0.29, 0.717) is 41.2 Å². The quantitative estimate of drug-likeness (QED) is 0.0232. The number of carbonyl (C=O) groups excluding carboxylic acids is 16. The maximum absolute atomic E-state index is 15.5. The Morgan fingerprint density at radius 1 is 0.577 bits per heavy atom. The van der Waals surface area contributed by atoms with Gasteiger partial charge < -0.3 is 124 Å². The van der Waals surface area contributed by atoms with Crippen LogP contribution < -0.4 is 84.7 Å². The van der Waals surface area contributed by atoms with Gasteiger partial charge >= 0.3 is 24.4 Å². The predicted octanol–water partition coefficient (Wildman–Crippen LogP) is 3.10. The summed E-state index contributed by atoms with van der Waals surface area (Å²) in [7, 11) is 0. The fraction of sp³-hybridized carbons (Fsp3) is 0.618. The maximum Gasteiger partial charge on any atom is 0.407 e. The average Bonchev–Trinajstić information content (AvgIpc) is 1.61. The number of benzene rings is 2. The molecule has 0 spiro atoms. The number of nitrogens with one attached hydrogen (secondary N) is 16. The lowest BCUT2D eigenvalue weighted by molar-refractivity contribution is -0.136. The molecule has 11 atom stereocenters. The van der Waals surface area contributed by atoms with Crippen molar-refractivity contribution >= 4 is 113 Å². The van der Waals surface area contributed by atoms with Crippen LogP contribution in [-0.2, 0) is 78.1 Å². The molecule has 16 amide bonds. The van der Waals surface area contributed by atoms with E-state index in [9.17, 15) is 67.7 Å². The van der Waals surface area contributed by atoms with Gasteiger partial charge in [-0.1, -0.05) is 58.0 Å². The van der Waals surface area contributed by atoms with Crippen LogP contribution in [-0.4, -0.2) is 270 Å². The third-order valence-electron chi connectivity index (χ3n) is 20.1. The van der Waals surface area contributed by atoms with Crippen molar-refractivity contribution in [2.24, 2.45) is 5.92 Å². The van der Waals surface area contributed by atoms with Crippen molar-refractivity contribution in [1.82, 2.24) is 89.6 Å². The molecule has 2 aromatic carbocycles. The summed E-state index contributed by atoms with van der Waals surface area (Å²) in [6.07, 6.45) is -9.30. The summed E-state index contributed by atoms with van der Waals surface area (Å²) in [5.74, 6) is -13.1. The molecule has 18 N–H and O–H groups in total. The number of carbonyl (C=O) groups is 16. The van der Waals surface area contributed by atoms with Crippen molar-refractivity contribution in [2.75, 3.05) is 70.3 Å². The van der Waals surface area contributed by atoms with Gasteiger partial charge in [-0.25, -0.2) is 23.6 Å². The number of alkyl carbamates (subject to hydrolysis) is 4. The van der Waals surface area contributed by atoms with Gasteiger partial charge in [-0.3, -0.25) is 57.5 Å². The predicted molar refractivity (Wildman–Crippen MR) is 480 cm³/mol. The summed E-state index contributed by atoms with van der Waals surface area (Å²) < 4.78 is 36.8. The molecule has 40 nitrogen and oxygen atoms in total. The first-order chi connectivity index (χ1) is 60.7. The van der Waals surface area contributed by atoms with Crippen molar-refractivity contribution in [2.45, 2.75) is 285 Å². The molecule has 41 heteroatoms. The normalized spacial score (nSPS) is 19.6. The highest BCUT2D eigenvalue weighted by atomic mass is 19.1. The Labute approximate surface area is 758 Å². The lowest BCUT2D eigenvalue weighted by Crippen LogP contribution is -2.61. The number of fused-ring (bicyclic) bond motifs is 1. The van der Waals surface area contributed by atoms with Crippen LogP contribution in [0, 0.1) is 25.6 Å². The summed E-state index contributed by atoms with van der Waals surface area (Å²) in [4.78, 5) is 236. The molecule has 1 fully saturated rings. The molecule has 0 aliphatic carbocycles. The zero-order chi connectivity index (χ0) is 97.5. The Balaban J connectivity index is 1.61. The number of ether oxygens (including phenoxy) is 4. The van der Waals surface area contributed by atoms with Crippen molar-refractivity contribution in [3.63, 3.8) is 0 Å². The molecular weight excluding hydrogens is 1690 g/mol. The van der Waals surface area contributed by atoms with E-state index < -0.39 is 248 Å². The van der Waals surface area contributed by atoms with Crippen LogP contribution in [0.25, 0.3) is 11.6 Å². The van der Waals surface area contributed by atoms with Gasteiger partial charge in [0.15, 0.2) is 0 Å². The monoisotopic (exact) mass is 1830 g/mol. The second kappa shape index (κ2) is 50.2. The Morgan fingerprint density at radius 3 is 1.55 bits per heavy atom. The zero-order valence-corrected chi connectivity index (χ0v) is 78.4. The van der Waals surface area contributed by atoms with Crippen LogP contribution >= 0.6 is 0 Å². The van der Waals surface area contributed by atoms with E-state index in [-0.39, 0.29) is 61.6 Å². The van der Waals surface area contributed by atoms with Gasteiger partial charge in [-0.2, -0.15) is 0 Å². The molecule has 722 valence electrons. The second-order valence-electron chi connectivity index (χ2n) is 36.4. The Kier molecular flexibility index (Phi) is 41.9. The fourth-order valence-electron chi connectivity index (χ4n) is 13.7. The number of aliphatic hydroxyl groups is 2. The van der Waals surface area contributed by atoms with Gasteiger partial charge in [0, 0.05) is 82.2 Å². The number of likely N-dealkylation sites (N-methyl/N-ethyl adjacent to an activating group) is 1. The summed E-state index contributed by atoms with van der Waals surface area (Å²) in [6, 6.07) is -4.09. The number of amides is 16. The summed E-state index contributed by atoms with van der Waals surface area (Å²) in [5, 5.41) is 61.4. The van der Waals surface area contributed by atoms with Crippen LogP contribution in [0.2, 0.25) is 0 Å². The molecule has 2 aliphatic heterocycles. The van der Waals surface area contributed by atoms with Gasteiger partial charge in [0.2, 0.25) is 59.1 Å². The van der Waals surface area contributed by atoms with Gasteiger partial charge in [0.25, 0.3) is 11.8 Å². The number of H-pyrrole nitrogens is 1. The van der Waals surface area contributed by atoms with Gasteiger partial charge in [-0.15, -0.1) is 0 Å². The SMILES string of the molecule is CCN(CC)CCNC(=O)c1c(C)[nH]c(/C=C2\C(=O)N(CCC(=O)N[C@H](C(=O)N[C@@H](CCCNC(=O)OC(C)(C)C)C(=O)N[C@H]3CCNC(=O)[C@H]([C@@H](C)O)NC(=O)[C@H](CCNC(=O)OC(C)(C)C)NC(=O)[C@H](CCNC(=O)OC(C)(C)C)NC(=O)[C@H](CC(C)C)NC(=O)[C@@H](Cc4ccccc4)NC(=O)[C@H](CCNC(=O)OC(C)(C)C)NC3=O)[C@H](C)O)c3ccc(F)cc32)c1C. The molecule has 1 saturated heterocycles. The smallest absolute Gasteiger partial charge is 0.407 e. The number of anilines is 1. The third-order valence-corrected chi connectivity index (χ3v) is 20.1. The van der Waals surface area contributed by atoms with Crippen molar-refractivity contribution < 1.29 is 110 Å². The number of aryl methyl sites for hydroxylation is 1. The summed E-state index contributed by atoms with van der Waals surface area (Å²) in [6.45, 7) is 32.4. The van der Waals surface area contributed by atoms with Crippen molar-refractivity contribution in [1.29, 1.82) is 0 Å². The lowest BCUT2D eigenvalue weighted by atomic mass is 10.00. The number of aliphatic hydroxyl groups excluding tert-OH is 2. The first-order valence-electron chi connectivity index (χ1n) is 44.0. The van der Waals surface area contributed by atoms with Crippen molar-refractivity contribution in [3.8, 4) is 0 Å². The highest BCUT2D eigenvalue weighted by Gasteiger charge is 2.40. The molecule has 0 radical (unpaired) electrons. The van der Waals surface area contributed by atoms with E-state index in [1.807, 2.05) is 13.8 Å². The summed E-state index contributed by atoms with van der Waals surface area (Å²) in [5.41, 5.74) is -1.40. The minimum atomic E-state index is -1.93. The van der Waals surface area contributed by atoms with Crippen LogP contribution in [0.4, 0.5) is 29.3 Å². The van der Waals surface area contributed by atoms with Crippen LogP contribution in [0.1, 0.15) is 214 Å². The minimum Gasteiger partial charge on any atom is -0.444 e. The molecule has 0 bridgehead atoms. The molecule has 0 saturated carbocycles. The number of hydrogen-bond acceptors (Lipinski definition) is 23. The largest absolute Gasteiger partial charge is 0.444 e. The molecule has 130 heavy (non-hydrogen) atoms. The number of rotatable bonds is 34. The fourth-order valence-corrected chi connectivity index (χ4v) is 13.7. The highest BCUT2D eigenvalue weighted by molar-refractivity contribution is 6.36. The Bertz CT molecular complexity index is 4470. The summed E-state index contributed by atoms with van der Waals surface area (Å²) >= 11 is 0. The van der Waals surface area contributed by atoms with Crippen LogP contribution in [0.15, 0.2) is 48.5 Å². The average molecular weight is 1830 g/mol. The number of aromatic nitrogens is 1. The third kappa shape index (κ3) is 37.2. The van der Waals surface area contributed by atoms with Gasteiger partial charge in [0.05, 0.1) is 29.0 Å². The number of hydrogen-bond donors (Lipinski definition) is 18. The zero-order valence-electron chi connectivity index (χ0n) is 78.4. The van der Waals surface area contributed by atoms with E-state index in [1.54, 1.807) is 141 Å². The van der Waals surface area contributed by atoms with E-state index in [4.69, 9.17) is 18.9 Å². The molecule has 2 aliphatic rings. The first kappa shape index (κ1) is 109. The van der Waals surface area contributed by atoms with Crippen molar-refractivity contribution in [3.05, 3.63) is 88.0 Å². The molecule has 3 heterocycles. The molecule has 1 aromatic heterocycles. The van der Waals surface area contributed by atoms with E-state index >= 15 is 23.6 Å². The van der Waals surface area contributed by atoms with E-state index in [0.717, 1.165) is 39.1 Å². The standard InChI is InChI=1S/C89H137FN18O22/c1-21-107(22-2)44-42-92-78(119)68-50(5)63(97-51(68)6)48-57-56-47-55(90)30-31-66(56)108(81(57)122)43-36-67(111)105-70(53(8)110)80(121)102-58(29-26-37-93-82(123)127-86(9,10)11)71(112)98-59-32-38-91-79(120)69(52(7)109)106-75(116)62(35-41-96-85(126)130-89(18,19)20)100-73(114)60(33-39-94-83(124)128-87(12,13)14)101-76(117)64(45-49(3)4)103-77(118)65(46-54-27-24-23-25-28-54)104-74(115)61(99-72(59)113)34-40-95-84(125)129-88(15,16)17/h23-25,27-28,30-31,47-49,52-53,58-62,64-65,69-70,97,109-110H,21-22,26,29,32-46H2,1-20H3,(H,91,120)(H,92,119)(H,93,123)(H,94,124)(H,95,125)(H,96,126)(H,98,112)(H,99,113)(H,100,114)(H,101,117)(H,102,121)(H,103,118)(H,104,115)(H,105,111)(H,106,116)/b57-48-/t52-,53+,58+,59+,60+,61+,62+,64+,65-,69+,70+/m1/s1. The van der Waals surface area contributed by atoms with Crippen LogP contribution in [0.5, 0.6) is 0 Å². The van der Waals surface area contributed by atoms with Gasteiger partial charge in [0.1, 0.15) is 82.6 Å².